The summed E-state index contributed by atoms with van der Waals surface area (Å²) in [4.78, 5) is 16.1. The molecule has 0 saturated carbocycles. The van der Waals surface area contributed by atoms with Gasteiger partial charge in [-0.05, 0) is 93.0 Å². The Morgan fingerprint density at radius 3 is 1.67 bits per heavy atom. The quantitative estimate of drug-likeness (QED) is 0.177. The second-order valence-corrected chi connectivity index (χ2v) is 17.5. The average molecular weight is 821 g/mol. The lowest BCUT2D eigenvalue weighted by Crippen LogP contribution is -2.02. The van der Waals surface area contributed by atoms with Gasteiger partial charge < -0.3 is 8.98 Å². The first-order valence-electron chi connectivity index (χ1n) is 21.2. The summed E-state index contributed by atoms with van der Waals surface area (Å²) < 4.78 is 11.7. The van der Waals surface area contributed by atoms with E-state index >= 15 is 0 Å². The van der Waals surface area contributed by atoms with Gasteiger partial charge in [-0.3, -0.25) is 0 Å². The van der Waals surface area contributed by atoms with E-state index < -0.39 is 0 Å². The molecule has 0 aliphatic carbocycles. The first kappa shape index (κ1) is 34.5. The predicted molar refractivity (Wildman–Crippen MR) is 263 cm³/mol. The number of fused-ring (bicyclic) bond motifs is 12. The van der Waals surface area contributed by atoms with Crippen LogP contribution in [-0.4, -0.2) is 19.5 Å². The topological polar surface area (TPSA) is 56.7 Å². The molecule has 0 radical (unpaired) electrons. The van der Waals surface area contributed by atoms with Crippen molar-refractivity contribution in [3.05, 3.63) is 194 Å². The molecule has 10 aromatic carbocycles. The van der Waals surface area contributed by atoms with Crippen LogP contribution in [-0.2, 0) is 0 Å². The molecule has 63 heavy (non-hydrogen) atoms. The maximum Gasteiger partial charge on any atom is 0.164 e. The van der Waals surface area contributed by atoms with Crippen LogP contribution < -0.4 is 0 Å². The van der Waals surface area contributed by atoms with Gasteiger partial charge >= 0.3 is 0 Å². The van der Waals surface area contributed by atoms with Gasteiger partial charge in [0.1, 0.15) is 11.2 Å². The lowest BCUT2D eigenvalue weighted by atomic mass is 10.0. The monoisotopic (exact) mass is 820 g/mol. The number of hydrogen-bond acceptors (Lipinski definition) is 5. The Bertz CT molecular complexity index is 4140. The third-order valence-electron chi connectivity index (χ3n) is 12.7. The van der Waals surface area contributed by atoms with Crippen LogP contribution in [0.25, 0.3) is 136 Å². The summed E-state index contributed by atoms with van der Waals surface area (Å²) in [5.74, 6) is 1.80. The number of thiophene rings is 1. The van der Waals surface area contributed by atoms with E-state index in [-0.39, 0.29) is 0 Å². The Balaban J connectivity index is 1.10. The van der Waals surface area contributed by atoms with Crippen LogP contribution in [0.4, 0.5) is 0 Å². The van der Waals surface area contributed by atoms with Crippen LogP contribution in [0, 0.1) is 0 Å². The van der Waals surface area contributed by atoms with Gasteiger partial charge in [-0.1, -0.05) is 133 Å². The van der Waals surface area contributed by atoms with Crippen LogP contribution in [0.15, 0.2) is 199 Å². The number of rotatable bonds is 4. The Kier molecular flexibility index (Phi) is 7.21. The molecule has 0 spiro atoms. The standard InChI is InChI=1S/C57H32N4OS/c1-2-13-34-26-39(25-24-33(34)12-1)55-58-56(60-57(59-55)43-20-11-23-52-53(43)42-19-8-10-22-51(42)63-52)40-31-48(54-41-18-7-9-21-49(41)62-50(54)32-40)61-46-29-37-16-5-3-14-35(37)27-44(46)45-28-36-15-4-6-17-38(36)30-47(45)61/h1-32H. The largest absolute Gasteiger partial charge is 0.456 e. The average Bonchev–Trinajstić information content (AvgIpc) is 4.01. The Morgan fingerprint density at radius 2 is 0.937 bits per heavy atom. The second kappa shape index (κ2) is 13.2. The van der Waals surface area contributed by atoms with Crippen molar-refractivity contribution >= 4 is 108 Å². The molecule has 6 heteroatoms. The smallest absolute Gasteiger partial charge is 0.164 e. The molecule has 4 aromatic heterocycles. The summed E-state index contributed by atoms with van der Waals surface area (Å²) in [6, 6.07) is 69.2. The first-order chi connectivity index (χ1) is 31.2. The van der Waals surface area contributed by atoms with E-state index in [1.165, 1.54) is 47.1 Å². The SMILES string of the molecule is c1ccc2cc(-c3nc(-c4cc(-n5c6cc7ccccc7cc6c6cc7ccccc7cc65)c5c(c4)oc4ccccc45)nc(-c4cccc5sc6ccccc6c45)n3)ccc2c1. The number of furan rings is 1. The highest BCUT2D eigenvalue weighted by Crippen LogP contribution is 2.44. The van der Waals surface area contributed by atoms with Gasteiger partial charge in [-0.25, -0.2) is 15.0 Å². The Morgan fingerprint density at radius 1 is 0.365 bits per heavy atom. The number of para-hydroxylation sites is 1. The van der Waals surface area contributed by atoms with Gasteiger partial charge in [0.05, 0.1) is 22.1 Å². The molecule has 14 rings (SSSR count). The molecule has 0 saturated heterocycles. The van der Waals surface area contributed by atoms with Gasteiger partial charge in [0.25, 0.3) is 0 Å². The fraction of sp³-hybridized carbons (Fsp3) is 0. The summed E-state index contributed by atoms with van der Waals surface area (Å²) in [7, 11) is 0. The molecular formula is C57H32N4OS. The first-order valence-corrected chi connectivity index (χ1v) is 22.0. The van der Waals surface area contributed by atoms with Crippen molar-refractivity contribution in [2.24, 2.45) is 0 Å². The fourth-order valence-electron chi connectivity index (χ4n) is 9.83. The fourth-order valence-corrected chi connectivity index (χ4v) is 11.0. The van der Waals surface area contributed by atoms with Crippen molar-refractivity contribution < 1.29 is 4.42 Å². The number of benzene rings is 10. The highest BCUT2D eigenvalue weighted by atomic mass is 32.1. The maximum absolute atomic E-state index is 6.81. The van der Waals surface area contributed by atoms with Gasteiger partial charge in [-0.2, -0.15) is 0 Å². The van der Waals surface area contributed by atoms with Crippen molar-refractivity contribution in [2.45, 2.75) is 0 Å². The number of aromatic nitrogens is 4. The molecule has 5 nitrogen and oxygen atoms in total. The van der Waals surface area contributed by atoms with Gasteiger partial charge in [0.15, 0.2) is 17.5 Å². The van der Waals surface area contributed by atoms with E-state index in [2.05, 4.69) is 193 Å². The van der Waals surface area contributed by atoms with E-state index in [0.29, 0.717) is 17.5 Å². The van der Waals surface area contributed by atoms with Crippen LogP contribution in [0.3, 0.4) is 0 Å². The Hall–Kier alpha value is -8.19. The molecule has 14 aromatic rings. The normalized spacial score (nSPS) is 12.1. The molecule has 292 valence electrons. The molecule has 0 bridgehead atoms. The van der Waals surface area contributed by atoms with E-state index in [0.717, 1.165) is 71.5 Å². The van der Waals surface area contributed by atoms with Gasteiger partial charge in [-0.15, -0.1) is 11.3 Å². The zero-order chi connectivity index (χ0) is 41.2. The highest BCUT2D eigenvalue weighted by molar-refractivity contribution is 7.25. The van der Waals surface area contributed by atoms with Crippen LogP contribution in [0.1, 0.15) is 0 Å². The van der Waals surface area contributed by atoms with E-state index in [1.54, 1.807) is 11.3 Å². The molecule has 0 unspecified atom stereocenters. The van der Waals surface area contributed by atoms with Gasteiger partial charge in [0, 0.05) is 53.0 Å². The van der Waals surface area contributed by atoms with E-state index in [1.807, 2.05) is 6.07 Å². The lowest BCUT2D eigenvalue weighted by molar-refractivity contribution is 0.669. The number of nitrogens with zero attached hydrogens (tertiary/aromatic N) is 4. The van der Waals surface area contributed by atoms with Crippen molar-refractivity contribution in [3.63, 3.8) is 0 Å². The molecular weight excluding hydrogens is 789 g/mol. The molecule has 0 amide bonds. The molecule has 0 aliphatic heterocycles. The van der Waals surface area contributed by atoms with E-state index in [4.69, 9.17) is 19.4 Å². The summed E-state index contributed by atoms with van der Waals surface area (Å²) in [5.41, 5.74) is 7.55. The predicted octanol–water partition coefficient (Wildman–Crippen LogP) is 15.7. The second-order valence-electron chi connectivity index (χ2n) is 16.4. The maximum atomic E-state index is 6.81. The van der Waals surface area contributed by atoms with Crippen molar-refractivity contribution in [2.75, 3.05) is 0 Å². The van der Waals surface area contributed by atoms with Crippen molar-refractivity contribution in [1.82, 2.24) is 19.5 Å². The zero-order valence-electron chi connectivity index (χ0n) is 33.6. The minimum atomic E-state index is 0.569. The minimum absolute atomic E-state index is 0.569. The van der Waals surface area contributed by atoms with Gasteiger partial charge in [0.2, 0.25) is 0 Å². The molecule has 4 heterocycles. The summed E-state index contributed by atoms with van der Waals surface area (Å²) in [5, 5.41) is 13.9. The third kappa shape index (κ3) is 5.25. The molecule has 0 fully saturated rings. The molecule has 0 atom stereocenters. The third-order valence-corrected chi connectivity index (χ3v) is 13.9. The zero-order valence-corrected chi connectivity index (χ0v) is 34.4. The van der Waals surface area contributed by atoms with Crippen LogP contribution >= 0.6 is 11.3 Å². The summed E-state index contributed by atoms with van der Waals surface area (Å²) in [6.07, 6.45) is 0. The Labute approximate surface area is 363 Å². The van der Waals surface area contributed by atoms with Crippen LogP contribution in [0.2, 0.25) is 0 Å². The highest BCUT2D eigenvalue weighted by Gasteiger charge is 2.23. The summed E-state index contributed by atoms with van der Waals surface area (Å²) >= 11 is 1.79. The summed E-state index contributed by atoms with van der Waals surface area (Å²) in [6.45, 7) is 0. The van der Waals surface area contributed by atoms with E-state index in [9.17, 15) is 0 Å². The molecule has 0 N–H and O–H groups in total. The van der Waals surface area contributed by atoms with Crippen LogP contribution in [0.5, 0.6) is 0 Å². The minimum Gasteiger partial charge on any atom is -0.456 e. The molecule has 0 aliphatic rings. The van der Waals surface area contributed by atoms with Crippen molar-refractivity contribution in [1.29, 1.82) is 0 Å². The van der Waals surface area contributed by atoms with Crippen molar-refractivity contribution in [3.8, 4) is 39.9 Å². The number of hydrogen-bond donors (Lipinski definition) is 0. The lowest BCUT2D eigenvalue weighted by Gasteiger charge is -2.14.